The second kappa shape index (κ2) is 4.91. The normalized spacial score (nSPS) is 12.7. The number of rotatable bonds is 3. The molecule has 2 rings (SSSR count). The molecule has 1 aromatic carbocycles. The predicted molar refractivity (Wildman–Crippen MR) is 65.8 cm³/mol. The smallest absolute Gasteiger partial charge is 0.193 e. The first kappa shape index (κ1) is 11.5. The van der Waals surface area contributed by atoms with Gasteiger partial charge in [-0.15, -0.1) is 0 Å². The summed E-state index contributed by atoms with van der Waals surface area (Å²) in [5.41, 5.74) is 7.11. The molecular weight excluding hydrogens is 245 g/mol. The van der Waals surface area contributed by atoms with Gasteiger partial charge in [-0.3, -0.25) is 0 Å². The fraction of sp³-hybridized carbons (Fsp3) is 0.167. The lowest BCUT2D eigenvalue weighted by Crippen LogP contribution is -2.12. The second-order valence-corrected chi connectivity index (χ2v) is 4.39. The van der Waals surface area contributed by atoms with E-state index in [0.717, 1.165) is 10.6 Å². The van der Waals surface area contributed by atoms with E-state index in [-0.39, 0.29) is 6.04 Å². The summed E-state index contributed by atoms with van der Waals surface area (Å²) in [5, 5.41) is 1.08. The molecular formula is C12H11Cl2NO. The Morgan fingerprint density at radius 3 is 2.31 bits per heavy atom. The molecule has 84 valence electrons. The van der Waals surface area contributed by atoms with Crippen LogP contribution in [0.1, 0.15) is 17.4 Å². The minimum absolute atomic E-state index is 0.186. The highest BCUT2D eigenvalue weighted by atomic mass is 35.5. The minimum Gasteiger partial charge on any atom is -0.448 e. The van der Waals surface area contributed by atoms with Gasteiger partial charge in [-0.1, -0.05) is 23.7 Å². The first-order valence-electron chi connectivity index (χ1n) is 4.90. The Morgan fingerprint density at radius 2 is 1.75 bits per heavy atom. The molecule has 1 aromatic heterocycles. The summed E-state index contributed by atoms with van der Waals surface area (Å²) in [7, 11) is 0. The van der Waals surface area contributed by atoms with Crippen LogP contribution in [-0.2, 0) is 6.42 Å². The average Bonchev–Trinajstić information content (AvgIpc) is 2.68. The first-order valence-corrected chi connectivity index (χ1v) is 5.66. The fourth-order valence-corrected chi connectivity index (χ4v) is 1.78. The molecule has 0 fully saturated rings. The van der Waals surface area contributed by atoms with Crippen LogP contribution in [0, 0.1) is 0 Å². The van der Waals surface area contributed by atoms with Crippen molar-refractivity contribution in [1.82, 2.24) is 0 Å². The average molecular weight is 256 g/mol. The molecule has 2 N–H and O–H groups in total. The summed E-state index contributed by atoms with van der Waals surface area (Å²) >= 11 is 11.5. The van der Waals surface area contributed by atoms with Gasteiger partial charge in [-0.05, 0) is 47.9 Å². The molecule has 16 heavy (non-hydrogen) atoms. The van der Waals surface area contributed by atoms with Crippen LogP contribution in [0.5, 0.6) is 0 Å². The molecule has 0 bridgehead atoms. The van der Waals surface area contributed by atoms with Crippen molar-refractivity contribution >= 4 is 23.2 Å². The van der Waals surface area contributed by atoms with Gasteiger partial charge in [0.05, 0.1) is 6.04 Å². The third-order valence-electron chi connectivity index (χ3n) is 2.33. The summed E-state index contributed by atoms with van der Waals surface area (Å²) in [4.78, 5) is 0. The fourth-order valence-electron chi connectivity index (χ4n) is 1.50. The van der Waals surface area contributed by atoms with E-state index in [1.807, 2.05) is 24.3 Å². The first-order chi connectivity index (χ1) is 7.65. The van der Waals surface area contributed by atoms with E-state index < -0.39 is 0 Å². The van der Waals surface area contributed by atoms with Crippen LogP contribution in [0.2, 0.25) is 10.2 Å². The number of furan rings is 1. The summed E-state index contributed by atoms with van der Waals surface area (Å²) in [5.74, 6) is 0.694. The van der Waals surface area contributed by atoms with Gasteiger partial charge < -0.3 is 10.2 Å². The van der Waals surface area contributed by atoms with Crippen molar-refractivity contribution in [3.8, 4) is 0 Å². The second-order valence-electron chi connectivity index (χ2n) is 3.58. The van der Waals surface area contributed by atoms with Gasteiger partial charge in [-0.25, -0.2) is 0 Å². The monoisotopic (exact) mass is 255 g/mol. The zero-order valence-corrected chi connectivity index (χ0v) is 10.0. The molecule has 0 amide bonds. The summed E-state index contributed by atoms with van der Waals surface area (Å²) in [6, 6.07) is 10.9. The van der Waals surface area contributed by atoms with Crippen LogP contribution >= 0.6 is 23.2 Å². The SMILES string of the molecule is NC(Cc1ccc(Cl)cc1)c1ccc(Cl)o1. The third kappa shape index (κ3) is 2.79. The standard InChI is InChI=1S/C12H11Cl2NO/c13-9-3-1-8(2-4-9)7-10(15)11-5-6-12(14)16-11/h1-6,10H,7,15H2. The highest BCUT2D eigenvalue weighted by Gasteiger charge is 2.11. The largest absolute Gasteiger partial charge is 0.448 e. The van der Waals surface area contributed by atoms with Crippen LogP contribution in [0.3, 0.4) is 0 Å². The van der Waals surface area contributed by atoms with E-state index in [9.17, 15) is 0 Å². The Morgan fingerprint density at radius 1 is 1.06 bits per heavy atom. The van der Waals surface area contributed by atoms with Crippen molar-refractivity contribution in [2.24, 2.45) is 5.73 Å². The number of hydrogen-bond donors (Lipinski definition) is 1. The Hall–Kier alpha value is -0.960. The van der Waals surface area contributed by atoms with Crippen LogP contribution in [0.25, 0.3) is 0 Å². The maximum Gasteiger partial charge on any atom is 0.193 e. The number of halogens is 2. The van der Waals surface area contributed by atoms with Gasteiger partial charge in [0, 0.05) is 5.02 Å². The Bertz CT molecular complexity index is 464. The predicted octanol–water partition coefficient (Wildman–Crippen LogP) is 3.83. The maximum absolute atomic E-state index is 5.99. The van der Waals surface area contributed by atoms with Gasteiger partial charge >= 0.3 is 0 Å². The molecule has 0 spiro atoms. The van der Waals surface area contributed by atoms with Crippen LogP contribution in [0.4, 0.5) is 0 Å². The molecule has 1 heterocycles. The van der Waals surface area contributed by atoms with E-state index in [4.69, 9.17) is 33.4 Å². The molecule has 4 heteroatoms. The molecule has 0 saturated heterocycles. The summed E-state index contributed by atoms with van der Waals surface area (Å²) in [6.07, 6.45) is 0.695. The van der Waals surface area contributed by atoms with Gasteiger partial charge in [0.2, 0.25) is 0 Å². The van der Waals surface area contributed by atoms with Crippen molar-refractivity contribution in [1.29, 1.82) is 0 Å². The zero-order chi connectivity index (χ0) is 11.5. The van der Waals surface area contributed by atoms with Crippen LogP contribution in [-0.4, -0.2) is 0 Å². The summed E-state index contributed by atoms with van der Waals surface area (Å²) < 4.78 is 5.26. The van der Waals surface area contributed by atoms with E-state index >= 15 is 0 Å². The Balaban J connectivity index is 2.07. The van der Waals surface area contributed by atoms with Gasteiger partial charge in [-0.2, -0.15) is 0 Å². The van der Waals surface area contributed by atoms with E-state index in [1.54, 1.807) is 12.1 Å². The molecule has 1 atom stereocenters. The van der Waals surface area contributed by atoms with Crippen molar-refractivity contribution in [3.63, 3.8) is 0 Å². The van der Waals surface area contributed by atoms with Crippen molar-refractivity contribution < 1.29 is 4.42 Å². The minimum atomic E-state index is -0.186. The topological polar surface area (TPSA) is 39.2 Å². The van der Waals surface area contributed by atoms with E-state index in [0.29, 0.717) is 17.4 Å². The lowest BCUT2D eigenvalue weighted by molar-refractivity contribution is 0.466. The highest BCUT2D eigenvalue weighted by Crippen LogP contribution is 2.21. The molecule has 0 aliphatic heterocycles. The van der Waals surface area contributed by atoms with Crippen LogP contribution < -0.4 is 5.73 Å². The van der Waals surface area contributed by atoms with Gasteiger partial charge in [0.25, 0.3) is 0 Å². The van der Waals surface area contributed by atoms with Crippen molar-refractivity contribution in [2.45, 2.75) is 12.5 Å². The quantitative estimate of drug-likeness (QED) is 0.906. The maximum atomic E-state index is 5.99. The van der Waals surface area contributed by atoms with E-state index in [1.165, 1.54) is 0 Å². The molecule has 0 aliphatic carbocycles. The Kier molecular flexibility index (Phi) is 3.54. The van der Waals surface area contributed by atoms with Crippen LogP contribution in [0.15, 0.2) is 40.8 Å². The molecule has 0 saturated carbocycles. The van der Waals surface area contributed by atoms with Crippen molar-refractivity contribution in [3.05, 3.63) is 58.0 Å². The lowest BCUT2D eigenvalue weighted by atomic mass is 10.1. The molecule has 0 radical (unpaired) electrons. The van der Waals surface area contributed by atoms with Gasteiger partial charge in [0.15, 0.2) is 5.22 Å². The molecule has 2 nitrogen and oxygen atoms in total. The van der Waals surface area contributed by atoms with E-state index in [2.05, 4.69) is 0 Å². The summed E-state index contributed by atoms with van der Waals surface area (Å²) in [6.45, 7) is 0. The zero-order valence-electron chi connectivity index (χ0n) is 8.49. The lowest BCUT2D eigenvalue weighted by Gasteiger charge is -2.08. The van der Waals surface area contributed by atoms with Crippen molar-refractivity contribution in [2.75, 3.05) is 0 Å². The van der Waals surface area contributed by atoms with Gasteiger partial charge in [0.1, 0.15) is 5.76 Å². The number of nitrogens with two attached hydrogens (primary N) is 1. The molecule has 1 unspecified atom stereocenters. The molecule has 0 aliphatic rings. The number of benzene rings is 1. The number of hydrogen-bond acceptors (Lipinski definition) is 2. The highest BCUT2D eigenvalue weighted by molar-refractivity contribution is 6.30. The molecule has 2 aromatic rings. The Labute approximate surface area is 104 Å². The third-order valence-corrected chi connectivity index (χ3v) is 2.78.